The highest BCUT2D eigenvalue weighted by Crippen LogP contribution is 2.35. The quantitative estimate of drug-likeness (QED) is 0.512. The average molecular weight is 466 g/mol. The molecule has 2 aliphatic carbocycles. The lowest BCUT2D eigenvalue weighted by Crippen LogP contribution is -2.32. The Kier molecular flexibility index (Phi) is 6.19. The summed E-state index contributed by atoms with van der Waals surface area (Å²) in [5.74, 6) is 0.287. The fourth-order valence-electron chi connectivity index (χ4n) is 5.63. The monoisotopic (exact) mass is 465 g/mol. The molecule has 0 aliphatic heterocycles. The predicted molar refractivity (Wildman–Crippen MR) is 128 cm³/mol. The Bertz CT molecular complexity index is 1310. The molecule has 2 N–H and O–H groups in total. The van der Waals surface area contributed by atoms with Crippen molar-refractivity contribution in [1.29, 1.82) is 0 Å². The summed E-state index contributed by atoms with van der Waals surface area (Å²) in [7, 11) is 0. The number of benzene rings is 1. The maximum absolute atomic E-state index is 12.7. The number of aliphatic carboxylic acids is 1. The van der Waals surface area contributed by atoms with E-state index in [1.54, 1.807) is 0 Å². The topological polar surface area (TPSA) is 110 Å². The van der Waals surface area contributed by atoms with Crippen LogP contribution in [0.4, 0.5) is 0 Å². The van der Waals surface area contributed by atoms with Crippen LogP contribution in [0.15, 0.2) is 25.8 Å². The molecule has 1 aromatic carbocycles. The molecule has 3 aromatic rings. The van der Waals surface area contributed by atoms with Gasteiger partial charge in [-0.2, -0.15) is 0 Å². The molecule has 0 bridgehead atoms. The van der Waals surface area contributed by atoms with Gasteiger partial charge in [-0.1, -0.05) is 0 Å². The highest BCUT2D eigenvalue weighted by molar-refractivity contribution is 5.97. The number of nitrogens with one attached hydrogen (secondary N) is 1. The lowest BCUT2D eigenvalue weighted by molar-refractivity contribution is -0.143. The third-order valence-corrected chi connectivity index (χ3v) is 7.75. The molecule has 0 radical (unpaired) electrons. The Labute approximate surface area is 197 Å². The first-order valence-electron chi connectivity index (χ1n) is 12.4. The van der Waals surface area contributed by atoms with Crippen LogP contribution in [0.25, 0.3) is 21.9 Å². The Morgan fingerprint density at radius 2 is 1.76 bits per heavy atom. The zero-order chi connectivity index (χ0) is 23.8. The van der Waals surface area contributed by atoms with Crippen molar-refractivity contribution in [2.24, 2.45) is 11.8 Å². The van der Waals surface area contributed by atoms with E-state index in [0.29, 0.717) is 42.9 Å². The lowest BCUT2D eigenvalue weighted by Gasteiger charge is -2.26. The van der Waals surface area contributed by atoms with Crippen LogP contribution in [0, 0.1) is 18.8 Å². The van der Waals surface area contributed by atoms with E-state index < -0.39 is 11.6 Å². The first kappa shape index (κ1) is 22.7. The SMILES string of the molecule is Cc1c(CCC(=O)NCC2CCC(C(=O)O)CC2)c(=O)oc2cc3oc4c(c3cc12)CCCC4. The van der Waals surface area contributed by atoms with Gasteiger partial charge in [-0.05, 0) is 75.8 Å². The number of carboxylic acid groups (broad SMARTS) is 1. The molecule has 2 aliphatic rings. The number of carboxylic acids is 1. The summed E-state index contributed by atoms with van der Waals surface area (Å²) in [6.07, 6.45) is 7.75. The van der Waals surface area contributed by atoms with Crippen LogP contribution in [-0.2, 0) is 28.9 Å². The summed E-state index contributed by atoms with van der Waals surface area (Å²) >= 11 is 0. The molecule has 1 saturated carbocycles. The standard InChI is InChI=1S/C27H31NO6/c1-15-18(10-11-25(29)28-14-16-6-8-17(9-7-16)26(30)31)27(32)34-23-13-24-21(12-20(15)23)19-4-2-3-5-22(19)33-24/h12-13,16-17H,2-11,14H2,1H3,(H,28,29)(H,30,31). The third kappa shape index (κ3) is 4.36. The number of furan rings is 1. The van der Waals surface area contributed by atoms with E-state index in [1.807, 2.05) is 13.0 Å². The van der Waals surface area contributed by atoms with Crippen LogP contribution in [0.3, 0.4) is 0 Å². The lowest BCUT2D eigenvalue weighted by atomic mass is 9.82. The summed E-state index contributed by atoms with van der Waals surface area (Å²) in [6, 6.07) is 3.90. The molecule has 0 spiro atoms. The summed E-state index contributed by atoms with van der Waals surface area (Å²) in [5.41, 5.74) is 3.56. The van der Waals surface area contributed by atoms with Crippen molar-refractivity contribution in [1.82, 2.24) is 5.32 Å². The number of carbonyl (C=O) groups is 2. The van der Waals surface area contributed by atoms with E-state index in [0.717, 1.165) is 66.2 Å². The smallest absolute Gasteiger partial charge is 0.339 e. The molecular weight excluding hydrogens is 434 g/mol. The van der Waals surface area contributed by atoms with Crippen LogP contribution in [0.5, 0.6) is 0 Å². The van der Waals surface area contributed by atoms with Gasteiger partial charge in [0, 0.05) is 47.4 Å². The second-order valence-corrected chi connectivity index (χ2v) is 9.91. The van der Waals surface area contributed by atoms with E-state index in [2.05, 4.69) is 11.4 Å². The van der Waals surface area contributed by atoms with Gasteiger partial charge in [0.05, 0.1) is 5.92 Å². The van der Waals surface area contributed by atoms with Gasteiger partial charge >= 0.3 is 11.6 Å². The van der Waals surface area contributed by atoms with Gasteiger partial charge in [-0.15, -0.1) is 0 Å². The molecule has 0 unspecified atom stereocenters. The maximum Gasteiger partial charge on any atom is 0.339 e. The molecule has 5 rings (SSSR count). The third-order valence-electron chi connectivity index (χ3n) is 7.75. The van der Waals surface area contributed by atoms with E-state index in [-0.39, 0.29) is 18.2 Å². The number of aryl methyl sites for hydroxylation is 3. The molecule has 2 heterocycles. The van der Waals surface area contributed by atoms with Crippen molar-refractivity contribution in [2.75, 3.05) is 6.54 Å². The van der Waals surface area contributed by atoms with E-state index in [1.165, 1.54) is 5.56 Å². The van der Waals surface area contributed by atoms with Gasteiger partial charge in [0.2, 0.25) is 5.91 Å². The summed E-state index contributed by atoms with van der Waals surface area (Å²) in [4.78, 5) is 36.3. The first-order chi connectivity index (χ1) is 16.4. The number of hydrogen-bond donors (Lipinski definition) is 2. The van der Waals surface area contributed by atoms with Crippen molar-refractivity contribution >= 4 is 33.8 Å². The van der Waals surface area contributed by atoms with Gasteiger partial charge in [0.15, 0.2) is 0 Å². The summed E-state index contributed by atoms with van der Waals surface area (Å²) in [5, 5.41) is 14.1. The van der Waals surface area contributed by atoms with Crippen molar-refractivity contribution in [3.8, 4) is 0 Å². The fraction of sp³-hybridized carbons (Fsp3) is 0.519. The van der Waals surface area contributed by atoms with Crippen LogP contribution in [0.1, 0.15) is 67.4 Å². The number of carbonyl (C=O) groups excluding carboxylic acids is 1. The Morgan fingerprint density at radius 3 is 2.53 bits per heavy atom. The summed E-state index contributed by atoms with van der Waals surface area (Å²) < 4.78 is 11.7. The largest absolute Gasteiger partial charge is 0.481 e. The first-order valence-corrected chi connectivity index (χ1v) is 12.4. The highest BCUT2D eigenvalue weighted by Gasteiger charge is 2.26. The van der Waals surface area contributed by atoms with E-state index >= 15 is 0 Å². The Hall–Kier alpha value is -3.09. The Balaban J connectivity index is 1.27. The van der Waals surface area contributed by atoms with Crippen molar-refractivity contribution in [3.63, 3.8) is 0 Å². The van der Waals surface area contributed by atoms with E-state index in [4.69, 9.17) is 13.9 Å². The molecule has 7 heteroatoms. The van der Waals surface area contributed by atoms with Gasteiger partial charge in [0.25, 0.3) is 0 Å². The maximum atomic E-state index is 12.7. The van der Waals surface area contributed by atoms with Gasteiger partial charge in [-0.25, -0.2) is 4.79 Å². The van der Waals surface area contributed by atoms with Crippen LogP contribution in [-0.4, -0.2) is 23.5 Å². The Morgan fingerprint density at radius 1 is 1.03 bits per heavy atom. The fourth-order valence-corrected chi connectivity index (χ4v) is 5.63. The molecule has 2 aromatic heterocycles. The minimum Gasteiger partial charge on any atom is -0.481 e. The second kappa shape index (κ2) is 9.28. The van der Waals surface area contributed by atoms with Gasteiger partial charge < -0.3 is 19.3 Å². The van der Waals surface area contributed by atoms with Crippen molar-refractivity contribution < 1.29 is 23.5 Å². The predicted octanol–water partition coefficient (Wildman–Crippen LogP) is 4.67. The molecule has 1 fully saturated rings. The molecule has 34 heavy (non-hydrogen) atoms. The average Bonchev–Trinajstić information content (AvgIpc) is 3.19. The molecule has 0 saturated heterocycles. The van der Waals surface area contributed by atoms with Crippen LogP contribution >= 0.6 is 0 Å². The number of rotatable bonds is 6. The minimum atomic E-state index is -0.722. The molecule has 7 nitrogen and oxygen atoms in total. The zero-order valence-corrected chi connectivity index (χ0v) is 19.6. The zero-order valence-electron chi connectivity index (χ0n) is 19.6. The molecule has 1 amide bonds. The van der Waals surface area contributed by atoms with Gasteiger partial charge in [0.1, 0.15) is 16.9 Å². The molecule has 180 valence electrons. The minimum absolute atomic E-state index is 0.0985. The number of amides is 1. The normalized spacial score (nSPS) is 20.4. The van der Waals surface area contributed by atoms with Crippen molar-refractivity contribution in [2.45, 2.75) is 71.1 Å². The molecule has 0 atom stereocenters. The van der Waals surface area contributed by atoms with Crippen LogP contribution < -0.4 is 10.9 Å². The van der Waals surface area contributed by atoms with E-state index in [9.17, 15) is 14.4 Å². The number of hydrogen-bond acceptors (Lipinski definition) is 5. The number of fused-ring (bicyclic) bond motifs is 4. The summed E-state index contributed by atoms with van der Waals surface area (Å²) in [6.45, 7) is 2.48. The molecular formula is C27H31NO6. The van der Waals surface area contributed by atoms with Crippen molar-refractivity contribution in [3.05, 3.63) is 45.0 Å². The van der Waals surface area contributed by atoms with Crippen LogP contribution in [0.2, 0.25) is 0 Å². The van der Waals surface area contributed by atoms with Gasteiger partial charge in [-0.3, -0.25) is 9.59 Å². The highest BCUT2D eigenvalue weighted by atomic mass is 16.4. The second-order valence-electron chi connectivity index (χ2n) is 9.91.